The van der Waals surface area contributed by atoms with Crippen molar-refractivity contribution in [2.75, 3.05) is 12.8 Å². The minimum absolute atomic E-state index is 0.714. The quantitative estimate of drug-likeness (QED) is 0.848. The van der Waals surface area contributed by atoms with Crippen LogP contribution in [0.4, 0.5) is 5.69 Å². The SMILES string of the molecule is Cc1cnc(CN(C)C2CCCCCC2)c(C)c1N. The third-order valence-electron chi connectivity index (χ3n) is 4.52. The van der Waals surface area contributed by atoms with E-state index in [1.165, 1.54) is 38.5 Å². The second-order valence-electron chi connectivity index (χ2n) is 5.99. The summed E-state index contributed by atoms with van der Waals surface area (Å²) in [6.45, 7) is 5.03. The molecule has 1 aromatic rings. The van der Waals surface area contributed by atoms with Gasteiger partial charge in [0.25, 0.3) is 0 Å². The van der Waals surface area contributed by atoms with Gasteiger partial charge in [-0.15, -0.1) is 0 Å². The predicted octanol–water partition coefficient (Wildman–Crippen LogP) is 3.44. The topological polar surface area (TPSA) is 42.2 Å². The fourth-order valence-electron chi connectivity index (χ4n) is 3.02. The van der Waals surface area contributed by atoms with Crippen LogP contribution in [0.15, 0.2) is 6.20 Å². The Kier molecular flexibility index (Phi) is 4.81. The van der Waals surface area contributed by atoms with Crippen LogP contribution in [0.1, 0.15) is 55.3 Å². The average Bonchev–Trinajstić information content (AvgIpc) is 2.68. The summed E-state index contributed by atoms with van der Waals surface area (Å²) in [5, 5.41) is 0. The zero-order valence-corrected chi connectivity index (χ0v) is 12.6. The molecule has 0 atom stereocenters. The first-order chi connectivity index (χ1) is 9.09. The molecule has 0 bridgehead atoms. The number of nitrogens with two attached hydrogens (primary N) is 1. The summed E-state index contributed by atoms with van der Waals surface area (Å²) in [7, 11) is 2.23. The van der Waals surface area contributed by atoms with E-state index in [1.807, 2.05) is 13.1 Å². The van der Waals surface area contributed by atoms with Crippen LogP contribution in [0.25, 0.3) is 0 Å². The standard InChI is InChI=1S/C16H27N3/c1-12-10-18-15(13(2)16(12)17)11-19(3)14-8-6-4-5-7-9-14/h10,14H,4-9,11H2,1-3H3,(H2,17,18). The number of aromatic nitrogens is 1. The Morgan fingerprint density at radius 1 is 1.21 bits per heavy atom. The normalized spacial score (nSPS) is 17.7. The minimum Gasteiger partial charge on any atom is -0.398 e. The van der Waals surface area contributed by atoms with Crippen molar-refractivity contribution in [2.45, 2.75) is 65.0 Å². The number of hydrogen-bond donors (Lipinski definition) is 1. The molecule has 2 N–H and O–H groups in total. The molecule has 0 saturated heterocycles. The Hall–Kier alpha value is -1.09. The van der Waals surface area contributed by atoms with E-state index in [9.17, 15) is 0 Å². The predicted molar refractivity (Wildman–Crippen MR) is 81.1 cm³/mol. The number of nitrogen functional groups attached to an aromatic ring is 1. The molecule has 1 aliphatic rings. The minimum atomic E-state index is 0.714. The van der Waals surface area contributed by atoms with Crippen molar-refractivity contribution < 1.29 is 0 Å². The van der Waals surface area contributed by atoms with Crippen molar-refractivity contribution in [2.24, 2.45) is 0 Å². The number of anilines is 1. The maximum atomic E-state index is 6.10. The van der Waals surface area contributed by atoms with Gasteiger partial charge in [0.05, 0.1) is 5.69 Å². The lowest BCUT2D eigenvalue weighted by atomic mass is 10.1. The number of hydrogen-bond acceptors (Lipinski definition) is 3. The summed E-state index contributed by atoms with van der Waals surface area (Å²) in [6.07, 6.45) is 10.1. The van der Waals surface area contributed by atoms with Gasteiger partial charge in [0.2, 0.25) is 0 Å². The molecule has 1 aliphatic carbocycles. The second kappa shape index (κ2) is 6.38. The van der Waals surface area contributed by atoms with Gasteiger partial charge in [0, 0.05) is 24.5 Å². The van der Waals surface area contributed by atoms with Crippen molar-refractivity contribution in [3.8, 4) is 0 Å². The number of rotatable bonds is 3. The van der Waals surface area contributed by atoms with Crippen LogP contribution in [-0.4, -0.2) is 23.0 Å². The van der Waals surface area contributed by atoms with Crippen LogP contribution < -0.4 is 5.73 Å². The number of pyridine rings is 1. The second-order valence-corrected chi connectivity index (χ2v) is 5.99. The molecular weight excluding hydrogens is 234 g/mol. The summed E-state index contributed by atoms with van der Waals surface area (Å²) < 4.78 is 0. The Bertz CT molecular complexity index is 420. The average molecular weight is 261 g/mol. The summed E-state index contributed by atoms with van der Waals surface area (Å²) in [4.78, 5) is 7.04. The summed E-state index contributed by atoms with van der Waals surface area (Å²) >= 11 is 0. The molecule has 0 aliphatic heterocycles. The molecule has 1 saturated carbocycles. The molecule has 0 aromatic carbocycles. The molecular formula is C16H27N3. The first-order valence-corrected chi connectivity index (χ1v) is 7.50. The third-order valence-corrected chi connectivity index (χ3v) is 4.52. The zero-order valence-electron chi connectivity index (χ0n) is 12.6. The van der Waals surface area contributed by atoms with Gasteiger partial charge in [-0.05, 0) is 44.9 Å². The van der Waals surface area contributed by atoms with Crippen LogP contribution in [0.3, 0.4) is 0 Å². The fraction of sp³-hybridized carbons (Fsp3) is 0.688. The number of aryl methyl sites for hydroxylation is 1. The maximum Gasteiger partial charge on any atom is 0.0593 e. The van der Waals surface area contributed by atoms with Gasteiger partial charge in [-0.3, -0.25) is 9.88 Å². The van der Waals surface area contributed by atoms with Crippen LogP contribution >= 0.6 is 0 Å². The molecule has 0 unspecified atom stereocenters. The molecule has 0 spiro atoms. The highest BCUT2D eigenvalue weighted by Crippen LogP contribution is 2.24. The Balaban J connectivity index is 2.05. The van der Waals surface area contributed by atoms with Gasteiger partial charge in [-0.25, -0.2) is 0 Å². The van der Waals surface area contributed by atoms with Gasteiger partial charge in [0.15, 0.2) is 0 Å². The third kappa shape index (κ3) is 3.47. The van der Waals surface area contributed by atoms with Gasteiger partial charge < -0.3 is 5.73 Å². The van der Waals surface area contributed by atoms with Gasteiger partial charge in [-0.1, -0.05) is 25.7 Å². The molecule has 1 fully saturated rings. The van der Waals surface area contributed by atoms with Gasteiger partial charge in [0.1, 0.15) is 0 Å². The van der Waals surface area contributed by atoms with E-state index >= 15 is 0 Å². The van der Waals surface area contributed by atoms with E-state index in [4.69, 9.17) is 5.73 Å². The van der Waals surface area contributed by atoms with E-state index in [0.717, 1.165) is 29.1 Å². The molecule has 1 heterocycles. The molecule has 19 heavy (non-hydrogen) atoms. The van der Waals surface area contributed by atoms with E-state index in [0.29, 0.717) is 6.04 Å². The first kappa shape index (κ1) is 14.3. The molecule has 2 rings (SSSR count). The molecule has 1 aromatic heterocycles. The van der Waals surface area contributed by atoms with Crippen LogP contribution in [-0.2, 0) is 6.54 Å². The first-order valence-electron chi connectivity index (χ1n) is 7.50. The largest absolute Gasteiger partial charge is 0.398 e. The highest BCUT2D eigenvalue weighted by Gasteiger charge is 2.18. The van der Waals surface area contributed by atoms with Crippen molar-refractivity contribution in [3.05, 3.63) is 23.0 Å². The summed E-state index contributed by atoms with van der Waals surface area (Å²) in [5.41, 5.74) is 10.4. The lowest BCUT2D eigenvalue weighted by Crippen LogP contribution is -2.31. The van der Waals surface area contributed by atoms with Crippen molar-refractivity contribution in [3.63, 3.8) is 0 Å². The number of nitrogens with zero attached hydrogens (tertiary/aromatic N) is 2. The van der Waals surface area contributed by atoms with E-state index in [2.05, 4.69) is 23.9 Å². The molecule has 0 amide bonds. The van der Waals surface area contributed by atoms with E-state index in [-0.39, 0.29) is 0 Å². The summed E-state index contributed by atoms with van der Waals surface area (Å²) in [5.74, 6) is 0. The van der Waals surface area contributed by atoms with Crippen LogP contribution in [0.2, 0.25) is 0 Å². The van der Waals surface area contributed by atoms with E-state index in [1.54, 1.807) is 0 Å². The van der Waals surface area contributed by atoms with Crippen molar-refractivity contribution >= 4 is 5.69 Å². The molecule has 0 radical (unpaired) electrons. The zero-order chi connectivity index (χ0) is 13.8. The molecule has 106 valence electrons. The molecule has 3 heteroatoms. The lowest BCUT2D eigenvalue weighted by Gasteiger charge is -2.27. The van der Waals surface area contributed by atoms with Gasteiger partial charge in [-0.2, -0.15) is 0 Å². The monoisotopic (exact) mass is 261 g/mol. The lowest BCUT2D eigenvalue weighted by molar-refractivity contribution is 0.210. The van der Waals surface area contributed by atoms with Crippen LogP contribution in [0.5, 0.6) is 0 Å². The Morgan fingerprint density at radius 2 is 1.84 bits per heavy atom. The highest BCUT2D eigenvalue weighted by molar-refractivity contribution is 5.53. The van der Waals surface area contributed by atoms with Crippen molar-refractivity contribution in [1.29, 1.82) is 0 Å². The Labute approximate surface area is 117 Å². The van der Waals surface area contributed by atoms with Crippen LogP contribution in [0, 0.1) is 13.8 Å². The Morgan fingerprint density at radius 3 is 2.47 bits per heavy atom. The molecule has 3 nitrogen and oxygen atoms in total. The summed E-state index contributed by atoms with van der Waals surface area (Å²) in [6, 6.07) is 0.714. The smallest absolute Gasteiger partial charge is 0.0593 e. The van der Waals surface area contributed by atoms with Crippen molar-refractivity contribution in [1.82, 2.24) is 9.88 Å². The van der Waals surface area contributed by atoms with Gasteiger partial charge >= 0.3 is 0 Å². The highest BCUT2D eigenvalue weighted by atomic mass is 15.1. The van der Waals surface area contributed by atoms with E-state index < -0.39 is 0 Å². The fourth-order valence-corrected chi connectivity index (χ4v) is 3.02. The maximum absolute atomic E-state index is 6.10.